The monoisotopic (exact) mass is 389 g/mol. The van der Waals surface area contributed by atoms with E-state index in [-0.39, 0.29) is 16.8 Å². The molecule has 1 atom stereocenters. The van der Waals surface area contributed by atoms with E-state index in [4.69, 9.17) is 0 Å². The smallest absolute Gasteiger partial charge is 0.242 e. The number of anilines is 1. The molecule has 0 aliphatic carbocycles. The van der Waals surface area contributed by atoms with E-state index in [9.17, 15) is 13.2 Å². The van der Waals surface area contributed by atoms with Crippen molar-refractivity contribution >= 4 is 21.6 Å². The van der Waals surface area contributed by atoms with E-state index in [1.807, 2.05) is 50.1 Å². The Labute approximate surface area is 161 Å². The maximum atomic E-state index is 12.6. The molecular weight excluding hydrogens is 362 g/mol. The van der Waals surface area contributed by atoms with Crippen LogP contribution in [0.15, 0.2) is 53.4 Å². The predicted molar refractivity (Wildman–Crippen MR) is 108 cm³/mol. The van der Waals surface area contributed by atoms with Gasteiger partial charge in [0.05, 0.1) is 10.9 Å². The van der Waals surface area contributed by atoms with Crippen molar-refractivity contribution in [1.82, 2.24) is 9.21 Å². The third kappa shape index (κ3) is 5.15. The number of carbonyl (C=O) groups is 1. The number of hydrogen-bond donors (Lipinski definition) is 1. The van der Waals surface area contributed by atoms with Gasteiger partial charge in [-0.3, -0.25) is 9.69 Å². The van der Waals surface area contributed by atoms with Crippen LogP contribution in [0.1, 0.15) is 18.1 Å². The Bertz CT molecular complexity index is 910. The largest absolute Gasteiger partial charge is 0.325 e. The summed E-state index contributed by atoms with van der Waals surface area (Å²) in [6.45, 7) is 4.52. The Kier molecular flexibility index (Phi) is 6.75. The molecule has 27 heavy (non-hydrogen) atoms. The van der Waals surface area contributed by atoms with E-state index < -0.39 is 10.0 Å². The number of hydrogen-bond acceptors (Lipinski definition) is 4. The molecule has 7 heteroatoms. The molecule has 2 aromatic rings. The second-order valence-corrected chi connectivity index (χ2v) is 8.97. The van der Waals surface area contributed by atoms with Crippen molar-refractivity contribution in [1.29, 1.82) is 0 Å². The highest BCUT2D eigenvalue weighted by Gasteiger charge is 2.21. The number of amides is 1. The van der Waals surface area contributed by atoms with Gasteiger partial charge in [-0.25, -0.2) is 12.7 Å². The zero-order valence-corrected chi connectivity index (χ0v) is 17.2. The summed E-state index contributed by atoms with van der Waals surface area (Å²) in [4.78, 5) is 14.7. The fourth-order valence-corrected chi connectivity index (χ4v) is 3.53. The van der Waals surface area contributed by atoms with Crippen LogP contribution in [-0.2, 0) is 21.4 Å². The number of likely N-dealkylation sites (N-methyl/N-ethyl adjacent to an activating group) is 1. The number of carbonyl (C=O) groups excluding carboxylic acids is 1. The van der Waals surface area contributed by atoms with Crippen LogP contribution in [0, 0.1) is 6.92 Å². The van der Waals surface area contributed by atoms with Gasteiger partial charge >= 0.3 is 0 Å². The molecule has 146 valence electrons. The van der Waals surface area contributed by atoms with Gasteiger partial charge in [0.15, 0.2) is 0 Å². The van der Waals surface area contributed by atoms with Crippen LogP contribution in [0.2, 0.25) is 0 Å². The molecule has 6 nitrogen and oxygen atoms in total. The molecule has 0 fully saturated rings. The summed E-state index contributed by atoms with van der Waals surface area (Å²) in [5.74, 6) is -0.189. The van der Waals surface area contributed by atoms with Crippen LogP contribution in [0.4, 0.5) is 5.69 Å². The first-order chi connectivity index (χ1) is 12.6. The van der Waals surface area contributed by atoms with Gasteiger partial charge < -0.3 is 5.32 Å². The second-order valence-electron chi connectivity index (χ2n) is 6.82. The highest BCUT2D eigenvalue weighted by atomic mass is 32.2. The van der Waals surface area contributed by atoms with Crippen LogP contribution in [0.3, 0.4) is 0 Å². The van der Waals surface area contributed by atoms with Crippen LogP contribution >= 0.6 is 0 Å². The lowest BCUT2D eigenvalue weighted by Crippen LogP contribution is -2.39. The van der Waals surface area contributed by atoms with Crippen molar-refractivity contribution in [3.63, 3.8) is 0 Å². The average molecular weight is 390 g/mol. The molecule has 0 aliphatic rings. The molecule has 0 bridgehead atoms. The van der Waals surface area contributed by atoms with Gasteiger partial charge in [-0.2, -0.15) is 0 Å². The Morgan fingerprint density at radius 2 is 1.74 bits per heavy atom. The van der Waals surface area contributed by atoms with Crippen LogP contribution in [0.5, 0.6) is 0 Å². The quantitative estimate of drug-likeness (QED) is 0.790. The minimum Gasteiger partial charge on any atom is -0.325 e. The van der Waals surface area contributed by atoms with Crippen molar-refractivity contribution in [2.45, 2.75) is 31.3 Å². The Hall–Kier alpha value is -2.22. The summed E-state index contributed by atoms with van der Waals surface area (Å²) in [6.07, 6.45) is 0. The zero-order chi connectivity index (χ0) is 20.2. The first-order valence-electron chi connectivity index (χ1n) is 8.71. The maximum absolute atomic E-state index is 12.6. The third-order valence-electron chi connectivity index (χ3n) is 4.60. The van der Waals surface area contributed by atoms with Gasteiger partial charge in [0.25, 0.3) is 0 Å². The molecule has 0 aromatic heterocycles. The van der Waals surface area contributed by atoms with Gasteiger partial charge in [0.1, 0.15) is 0 Å². The molecule has 0 aliphatic heterocycles. The summed E-state index contributed by atoms with van der Waals surface area (Å²) in [7, 11) is 1.30. The lowest BCUT2D eigenvalue weighted by molar-refractivity contribution is -0.120. The highest BCUT2D eigenvalue weighted by molar-refractivity contribution is 7.89. The van der Waals surface area contributed by atoms with Crippen molar-refractivity contribution in [3.8, 4) is 0 Å². The van der Waals surface area contributed by atoms with Crippen LogP contribution < -0.4 is 5.32 Å². The summed E-state index contributed by atoms with van der Waals surface area (Å²) in [5.41, 5.74) is 2.80. The van der Waals surface area contributed by atoms with Crippen molar-refractivity contribution in [3.05, 3.63) is 59.7 Å². The van der Waals surface area contributed by atoms with Gasteiger partial charge in [-0.1, -0.05) is 30.3 Å². The van der Waals surface area contributed by atoms with Crippen LogP contribution in [-0.4, -0.2) is 50.7 Å². The minimum absolute atomic E-state index is 0.145. The van der Waals surface area contributed by atoms with E-state index in [0.717, 1.165) is 4.31 Å². The maximum Gasteiger partial charge on any atom is 0.242 e. The number of nitrogens with zero attached hydrogens (tertiary/aromatic N) is 2. The Morgan fingerprint density at radius 1 is 1.07 bits per heavy atom. The number of rotatable bonds is 7. The van der Waals surface area contributed by atoms with Gasteiger partial charge in [-0.05, 0) is 50.2 Å². The number of sulfonamides is 1. The van der Waals surface area contributed by atoms with Crippen molar-refractivity contribution in [2.24, 2.45) is 0 Å². The molecule has 2 rings (SSSR count). The molecule has 0 spiro atoms. The highest BCUT2D eigenvalue weighted by Crippen LogP contribution is 2.19. The minimum atomic E-state index is -3.55. The number of benzene rings is 2. The molecule has 0 radical (unpaired) electrons. The fourth-order valence-electron chi connectivity index (χ4n) is 2.59. The molecule has 0 unspecified atom stereocenters. The molecule has 0 heterocycles. The van der Waals surface area contributed by atoms with Crippen molar-refractivity contribution in [2.75, 3.05) is 26.5 Å². The molecule has 0 saturated heterocycles. The fraction of sp³-hybridized carbons (Fsp3) is 0.350. The van der Waals surface area contributed by atoms with Gasteiger partial charge in [0.2, 0.25) is 15.9 Å². The van der Waals surface area contributed by atoms with E-state index in [1.165, 1.54) is 37.4 Å². The number of aryl methyl sites for hydroxylation is 1. The predicted octanol–water partition coefficient (Wildman–Crippen LogP) is 2.70. The molecule has 1 N–H and O–H groups in total. The van der Waals surface area contributed by atoms with Crippen LogP contribution in [0.25, 0.3) is 0 Å². The molecule has 1 amide bonds. The Morgan fingerprint density at radius 3 is 2.37 bits per heavy atom. The van der Waals surface area contributed by atoms with E-state index in [0.29, 0.717) is 12.2 Å². The molecule has 2 aromatic carbocycles. The first kappa shape index (κ1) is 21.1. The topological polar surface area (TPSA) is 69.7 Å². The lowest BCUT2D eigenvalue weighted by Gasteiger charge is -2.24. The number of nitrogens with one attached hydrogen (secondary N) is 1. The zero-order valence-electron chi connectivity index (χ0n) is 16.4. The van der Waals surface area contributed by atoms with E-state index in [1.54, 1.807) is 12.1 Å². The average Bonchev–Trinajstić information content (AvgIpc) is 2.63. The summed E-state index contributed by atoms with van der Waals surface area (Å²) < 4.78 is 25.6. The normalized spacial score (nSPS) is 13.0. The summed E-state index contributed by atoms with van der Waals surface area (Å²) in [5, 5.41) is 2.81. The molecular formula is C20H27N3O3S. The van der Waals surface area contributed by atoms with E-state index >= 15 is 0 Å². The standard InChI is InChI=1S/C20H27N3O3S/c1-15-9-6-7-10-17(15)14-23(5)16(2)20(24)21-18-11-8-12-19(13-18)27(25,26)22(3)4/h6-13,16H,14H2,1-5H3,(H,21,24)/t16-/m1/s1. The van der Waals surface area contributed by atoms with E-state index in [2.05, 4.69) is 5.32 Å². The summed E-state index contributed by atoms with van der Waals surface area (Å²) >= 11 is 0. The SMILES string of the molecule is Cc1ccccc1CN(C)[C@H](C)C(=O)Nc1cccc(S(=O)(=O)N(C)C)c1. The molecule has 0 saturated carbocycles. The van der Waals surface area contributed by atoms with Gasteiger partial charge in [-0.15, -0.1) is 0 Å². The second kappa shape index (κ2) is 8.65. The van der Waals surface area contributed by atoms with Gasteiger partial charge in [0, 0.05) is 26.3 Å². The summed E-state index contributed by atoms with van der Waals surface area (Å²) in [6, 6.07) is 14.0. The lowest BCUT2D eigenvalue weighted by atomic mass is 10.1. The van der Waals surface area contributed by atoms with Crippen molar-refractivity contribution < 1.29 is 13.2 Å². The third-order valence-corrected chi connectivity index (χ3v) is 6.41. The first-order valence-corrected chi connectivity index (χ1v) is 10.1. The Balaban J connectivity index is 2.09.